The van der Waals surface area contributed by atoms with E-state index < -0.39 is 0 Å². The molecule has 2 bridgehead atoms. The number of carbonyl (C=O) groups excluding carboxylic acids is 3. The van der Waals surface area contributed by atoms with Crippen LogP contribution in [0.5, 0.6) is 0 Å². The number of anilines is 1. The number of halogens is 1. The molecule has 6 atom stereocenters. The van der Waals surface area contributed by atoms with Crippen molar-refractivity contribution in [2.45, 2.75) is 6.42 Å². The van der Waals surface area contributed by atoms with E-state index in [1.165, 1.54) is 4.90 Å². The highest BCUT2D eigenvalue weighted by molar-refractivity contribution is 6.32. The highest BCUT2D eigenvalue weighted by atomic mass is 35.5. The first-order chi connectivity index (χ1) is 14.1. The number of amides is 2. The van der Waals surface area contributed by atoms with Crippen molar-refractivity contribution in [3.63, 3.8) is 0 Å². The zero-order valence-corrected chi connectivity index (χ0v) is 16.3. The van der Waals surface area contributed by atoms with Crippen LogP contribution in [0.3, 0.4) is 0 Å². The molecule has 1 saturated heterocycles. The smallest absolute Gasteiger partial charge is 0.238 e. The number of benzene rings is 2. The Hall–Kier alpha value is -2.72. The normalized spacial score (nSPS) is 33.6. The number of nitrogens with zero attached hydrogens (tertiary/aromatic N) is 1. The number of hydrogen-bond acceptors (Lipinski definition) is 3. The number of rotatable bonds is 3. The van der Waals surface area contributed by atoms with Crippen LogP contribution in [-0.2, 0) is 9.59 Å². The van der Waals surface area contributed by atoms with Gasteiger partial charge in [-0.05, 0) is 48.3 Å². The Balaban J connectivity index is 1.45. The van der Waals surface area contributed by atoms with E-state index in [0.717, 1.165) is 6.42 Å². The van der Waals surface area contributed by atoms with Gasteiger partial charge in [-0.15, -0.1) is 0 Å². The van der Waals surface area contributed by atoms with Crippen molar-refractivity contribution in [3.8, 4) is 0 Å². The van der Waals surface area contributed by atoms with Gasteiger partial charge in [0.25, 0.3) is 0 Å². The lowest BCUT2D eigenvalue weighted by atomic mass is 9.63. The second-order valence-electron chi connectivity index (χ2n) is 8.52. The predicted molar refractivity (Wildman–Crippen MR) is 109 cm³/mol. The summed E-state index contributed by atoms with van der Waals surface area (Å²) >= 11 is 6.18. The second-order valence-corrected chi connectivity index (χ2v) is 8.96. The number of carbonyl (C=O) groups is 3. The van der Waals surface area contributed by atoms with Crippen LogP contribution in [0.15, 0.2) is 60.7 Å². The van der Waals surface area contributed by atoms with Crippen LogP contribution in [-0.4, -0.2) is 17.6 Å². The fourth-order valence-corrected chi connectivity index (χ4v) is 6.00. The molecule has 4 nitrogen and oxygen atoms in total. The standard InChI is InChI=1S/C24H18ClNO3/c25-13-6-9-19(18(10-13)22(27)12-4-2-1-3-5-12)26-23(28)20-14-7-8-15(17-11-16(14)17)21(20)24(26)29/h1-10,14-17,20-21H,11H2/t14-,15-,16-,17+,20-,21+/m0/s1. The van der Waals surface area contributed by atoms with Crippen molar-refractivity contribution in [2.75, 3.05) is 4.90 Å². The van der Waals surface area contributed by atoms with Gasteiger partial charge in [-0.25, -0.2) is 4.90 Å². The number of hydrogen-bond donors (Lipinski definition) is 0. The lowest BCUT2D eigenvalue weighted by molar-refractivity contribution is -0.124. The maximum Gasteiger partial charge on any atom is 0.238 e. The third-order valence-corrected chi connectivity index (χ3v) is 7.38. The molecular weight excluding hydrogens is 386 g/mol. The van der Waals surface area contributed by atoms with Gasteiger partial charge in [0.1, 0.15) is 0 Å². The number of allylic oxidation sites excluding steroid dienone is 2. The van der Waals surface area contributed by atoms with E-state index in [1.54, 1.807) is 42.5 Å². The summed E-state index contributed by atoms with van der Waals surface area (Å²) in [6, 6.07) is 13.7. The first kappa shape index (κ1) is 17.2. The van der Waals surface area contributed by atoms with Gasteiger partial charge in [-0.2, -0.15) is 0 Å². The Morgan fingerprint density at radius 1 is 0.897 bits per heavy atom. The van der Waals surface area contributed by atoms with Crippen LogP contribution >= 0.6 is 11.6 Å². The van der Waals surface area contributed by atoms with E-state index in [4.69, 9.17) is 11.6 Å². The number of imide groups is 1. The molecule has 0 radical (unpaired) electrons. The van der Waals surface area contributed by atoms with Crippen LogP contribution in [0.4, 0.5) is 5.69 Å². The van der Waals surface area contributed by atoms with E-state index in [2.05, 4.69) is 12.2 Å². The minimum Gasteiger partial charge on any atom is -0.289 e. The van der Waals surface area contributed by atoms with Crippen molar-refractivity contribution in [1.29, 1.82) is 0 Å². The van der Waals surface area contributed by atoms with E-state index in [1.807, 2.05) is 6.07 Å². The van der Waals surface area contributed by atoms with Crippen molar-refractivity contribution >= 4 is 34.9 Å². The molecule has 0 unspecified atom stereocenters. The van der Waals surface area contributed by atoms with E-state index in [-0.39, 0.29) is 46.8 Å². The highest BCUT2D eigenvalue weighted by Crippen LogP contribution is 2.65. The van der Waals surface area contributed by atoms with Gasteiger partial charge in [-0.1, -0.05) is 54.1 Å². The molecule has 2 aromatic rings. The summed E-state index contributed by atoms with van der Waals surface area (Å²) in [6.45, 7) is 0. The summed E-state index contributed by atoms with van der Waals surface area (Å²) in [5.74, 6) is 0.199. The van der Waals surface area contributed by atoms with Gasteiger partial charge < -0.3 is 0 Å². The Morgan fingerprint density at radius 2 is 1.52 bits per heavy atom. The third kappa shape index (κ3) is 2.29. The molecule has 2 saturated carbocycles. The monoisotopic (exact) mass is 403 g/mol. The summed E-state index contributed by atoms with van der Waals surface area (Å²) < 4.78 is 0. The lowest BCUT2D eigenvalue weighted by Crippen LogP contribution is -2.40. The van der Waals surface area contributed by atoms with Crippen LogP contribution < -0.4 is 4.90 Å². The van der Waals surface area contributed by atoms with E-state index in [0.29, 0.717) is 28.1 Å². The predicted octanol–water partition coefficient (Wildman–Crippen LogP) is 4.13. The van der Waals surface area contributed by atoms with Gasteiger partial charge in [-0.3, -0.25) is 14.4 Å². The summed E-state index contributed by atoms with van der Waals surface area (Å²) in [6.07, 6.45) is 5.41. The molecule has 3 fully saturated rings. The molecular formula is C24H18ClNO3. The highest BCUT2D eigenvalue weighted by Gasteiger charge is 2.67. The van der Waals surface area contributed by atoms with Crippen LogP contribution in [0, 0.1) is 35.5 Å². The lowest BCUT2D eigenvalue weighted by Gasteiger charge is -2.37. The van der Waals surface area contributed by atoms with Gasteiger partial charge >= 0.3 is 0 Å². The minimum atomic E-state index is -0.295. The summed E-state index contributed by atoms with van der Waals surface area (Å²) in [5, 5.41) is 0.396. The number of ketones is 1. The molecule has 2 amide bonds. The Labute approximate surface area is 173 Å². The molecule has 0 spiro atoms. The van der Waals surface area contributed by atoms with Crippen molar-refractivity contribution in [1.82, 2.24) is 0 Å². The van der Waals surface area contributed by atoms with Crippen molar-refractivity contribution < 1.29 is 14.4 Å². The van der Waals surface area contributed by atoms with Gasteiger partial charge in [0.15, 0.2) is 5.78 Å². The van der Waals surface area contributed by atoms with Gasteiger partial charge in [0.05, 0.1) is 17.5 Å². The Bertz CT molecular complexity index is 1070. The zero-order chi connectivity index (χ0) is 19.9. The SMILES string of the molecule is O=C(c1ccccc1)c1cc(Cl)ccc1N1C(=O)[C@@H]2[C@H]3C=C[C@@H]([C@@H]4C[C@H]34)[C@@H]2C1=O. The molecule has 144 valence electrons. The van der Waals surface area contributed by atoms with E-state index in [9.17, 15) is 14.4 Å². The van der Waals surface area contributed by atoms with Crippen molar-refractivity contribution in [2.24, 2.45) is 35.5 Å². The maximum absolute atomic E-state index is 13.4. The van der Waals surface area contributed by atoms with Crippen LogP contribution in [0.2, 0.25) is 5.02 Å². The van der Waals surface area contributed by atoms with E-state index >= 15 is 0 Å². The molecule has 0 N–H and O–H groups in total. The van der Waals surface area contributed by atoms with Gasteiger partial charge in [0, 0.05) is 16.1 Å². The Kier molecular flexibility index (Phi) is 3.49. The largest absolute Gasteiger partial charge is 0.289 e. The van der Waals surface area contributed by atoms with Crippen molar-refractivity contribution in [3.05, 3.63) is 76.8 Å². The summed E-state index contributed by atoms with van der Waals surface area (Å²) in [4.78, 5) is 41.3. The summed E-state index contributed by atoms with van der Waals surface area (Å²) in [5.41, 5.74) is 1.13. The molecule has 7 rings (SSSR count). The fraction of sp³-hybridized carbons (Fsp3) is 0.292. The molecule has 4 aliphatic carbocycles. The zero-order valence-electron chi connectivity index (χ0n) is 15.5. The molecule has 29 heavy (non-hydrogen) atoms. The molecule has 2 aromatic carbocycles. The minimum absolute atomic E-state index is 0.150. The fourth-order valence-electron chi connectivity index (χ4n) is 5.82. The first-order valence-corrected chi connectivity index (χ1v) is 10.4. The average molecular weight is 404 g/mol. The topological polar surface area (TPSA) is 54.5 Å². The summed E-state index contributed by atoms with van der Waals surface area (Å²) in [7, 11) is 0. The van der Waals surface area contributed by atoms with Gasteiger partial charge in [0.2, 0.25) is 11.8 Å². The first-order valence-electron chi connectivity index (χ1n) is 10.0. The quantitative estimate of drug-likeness (QED) is 0.440. The molecule has 1 heterocycles. The molecule has 5 aliphatic rings. The maximum atomic E-state index is 13.4. The Morgan fingerprint density at radius 3 is 2.14 bits per heavy atom. The third-order valence-electron chi connectivity index (χ3n) is 7.14. The molecule has 5 heteroatoms. The van der Waals surface area contributed by atoms with Crippen LogP contribution in [0.1, 0.15) is 22.3 Å². The molecule has 0 aromatic heterocycles. The average Bonchev–Trinajstić information content (AvgIpc) is 3.52. The molecule has 1 aliphatic heterocycles. The second kappa shape index (κ2) is 5.90. The van der Waals surface area contributed by atoms with Crippen LogP contribution in [0.25, 0.3) is 0 Å².